The third-order valence-corrected chi connectivity index (χ3v) is 2.90. The van der Waals surface area contributed by atoms with E-state index in [2.05, 4.69) is 5.16 Å². The normalized spacial score (nSPS) is 16.5. The van der Waals surface area contributed by atoms with Gasteiger partial charge >= 0.3 is 0 Å². The molecule has 1 amide bonds. The van der Waals surface area contributed by atoms with Crippen molar-refractivity contribution < 1.29 is 9.63 Å². The van der Waals surface area contributed by atoms with Crippen molar-refractivity contribution in [1.82, 2.24) is 4.90 Å². The van der Waals surface area contributed by atoms with E-state index in [1.807, 2.05) is 42.5 Å². The number of benzene rings is 1. The minimum absolute atomic E-state index is 0.137. The number of amides is 1. The first-order valence-electron chi connectivity index (χ1n) is 6.07. The van der Waals surface area contributed by atoms with Crippen LogP contribution < -0.4 is 0 Å². The summed E-state index contributed by atoms with van der Waals surface area (Å²) >= 11 is 0. The highest BCUT2D eigenvalue weighted by Crippen LogP contribution is 2.27. The molecule has 0 radical (unpaired) electrons. The van der Waals surface area contributed by atoms with Crippen LogP contribution in [0, 0.1) is 22.7 Å². The molecule has 6 nitrogen and oxygen atoms in total. The molecule has 0 saturated heterocycles. The quantitative estimate of drug-likeness (QED) is 0.771. The van der Waals surface area contributed by atoms with Gasteiger partial charge in [-0.05, 0) is 5.56 Å². The van der Waals surface area contributed by atoms with Crippen LogP contribution in [-0.4, -0.2) is 29.6 Å². The van der Waals surface area contributed by atoms with Crippen molar-refractivity contribution in [2.45, 2.75) is 12.5 Å². The molecule has 100 valence electrons. The zero-order chi connectivity index (χ0) is 14.4. The molecular weight excluding hydrogens is 256 g/mol. The van der Waals surface area contributed by atoms with Crippen LogP contribution in [0.5, 0.6) is 0 Å². The van der Waals surface area contributed by atoms with Gasteiger partial charge in [-0.1, -0.05) is 35.5 Å². The van der Waals surface area contributed by atoms with Crippen molar-refractivity contribution in [3.05, 3.63) is 35.9 Å². The third kappa shape index (κ3) is 2.93. The molecule has 1 aliphatic heterocycles. The largest absolute Gasteiger partial charge is 0.387 e. The zero-order valence-electron chi connectivity index (χ0n) is 10.7. The molecule has 0 unspecified atom stereocenters. The maximum Gasteiger partial charge on any atom is 0.273 e. The van der Waals surface area contributed by atoms with Gasteiger partial charge in [-0.25, -0.2) is 0 Å². The Bertz CT molecular complexity index is 582. The highest BCUT2D eigenvalue weighted by atomic mass is 16.6. The Morgan fingerprint density at radius 2 is 1.95 bits per heavy atom. The van der Waals surface area contributed by atoms with Gasteiger partial charge < -0.3 is 9.74 Å². The van der Waals surface area contributed by atoms with Gasteiger partial charge in [0.05, 0.1) is 12.1 Å². The molecule has 1 aromatic rings. The van der Waals surface area contributed by atoms with Crippen molar-refractivity contribution in [2.24, 2.45) is 5.16 Å². The molecule has 0 saturated carbocycles. The van der Waals surface area contributed by atoms with E-state index < -0.39 is 5.91 Å². The Morgan fingerprint density at radius 3 is 2.55 bits per heavy atom. The van der Waals surface area contributed by atoms with Crippen molar-refractivity contribution in [3.8, 4) is 12.1 Å². The highest BCUT2D eigenvalue weighted by Gasteiger charge is 2.30. The number of hydrogen-bond acceptors (Lipinski definition) is 5. The van der Waals surface area contributed by atoms with Gasteiger partial charge in [-0.2, -0.15) is 10.5 Å². The summed E-state index contributed by atoms with van der Waals surface area (Å²) in [4.78, 5) is 18.5. The van der Waals surface area contributed by atoms with Gasteiger partial charge in [0.15, 0.2) is 6.10 Å². The molecule has 6 heteroatoms. The second-order valence-electron chi connectivity index (χ2n) is 4.22. The van der Waals surface area contributed by atoms with Crippen molar-refractivity contribution >= 4 is 11.6 Å². The molecule has 1 heterocycles. The van der Waals surface area contributed by atoms with E-state index in [1.54, 1.807) is 0 Å². The Hall–Kier alpha value is -2.86. The zero-order valence-corrected chi connectivity index (χ0v) is 10.7. The minimum Gasteiger partial charge on any atom is -0.387 e. The second-order valence-corrected chi connectivity index (χ2v) is 4.22. The average Bonchev–Trinajstić information content (AvgIpc) is 2.97. The summed E-state index contributed by atoms with van der Waals surface area (Å²) in [5.74, 6) is -0.425. The number of nitrogens with zero attached hydrogens (tertiary/aromatic N) is 4. The number of oxime groups is 1. The molecule has 2 rings (SSSR count). The summed E-state index contributed by atoms with van der Waals surface area (Å²) in [6, 6.07) is 13.2. The van der Waals surface area contributed by atoms with Crippen LogP contribution in [0.3, 0.4) is 0 Å². The van der Waals surface area contributed by atoms with Crippen LogP contribution in [-0.2, 0) is 9.63 Å². The standard InChI is InChI=1S/C14H12N4O2/c15-6-8-18(9-7-16)14(19)12-10-13(20-17-12)11-4-2-1-3-5-11/h1-5,13H,8-10H2/t13-/m1/s1. The summed E-state index contributed by atoms with van der Waals surface area (Å²) in [5.41, 5.74) is 1.18. The van der Waals surface area contributed by atoms with Crippen LogP contribution in [0.25, 0.3) is 0 Å². The maximum absolute atomic E-state index is 12.1. The summed E-state index contributed by atoms with van der Waals surface area (Å²) in [6.45, 7) is -0.275. The van der Waals surface area contributed by atoms with Crippen LogP contribution in [0.4, 0.5) is 0 Å². The van der Waals surface area contributed by atoms with Gasteiger partial charge in [-0.3, -0.25) is 4.79 Å². The van der Waals surface area contributed by atoms with Gasteiger partial charge in [-0.15, -0.1) is 0 Å². The Morgan fingerprint density at radius 1 is 1.30 bits per heavy atom. The lowest BCUT2D eigenvalue weighted by atomic mass is 10.0. The van der Waals surface area contributed by atoms with Crippen LogP contribution >= 0.6 is 0 Å². The highest BCUT2D eigenvalue weighted by molar-refractivity contribution is 6.39. The summed E-state index contributed by atoms with van der Waals surface area (Å²) in [7, 11) is 0. The summed E-state index contributed by atoms with van der Waals surface area (Å²) < 4.78 is 0. The minimum atomic E-state index is -0.425. The number of nitriles is 2. The molecular formula is C14H12N4O2. The van der Waals surface area contributed by atoms with E-state index in [-0.39, 0.29) is 24.9 Å². The first-order valence-corrected chi connectivity index (χ1v) is 6.07. The van der Waals surface area contributed by atoms with Crippen molar-refractivity contribution in [2.75, 3.05) is 13.1 Å². The SMILES string of the molecule is N#CCN(CC#N)C(=O)C1=NO[C@@H](c2ccccc2)C1. The van der Waals surface area contributed by atoms with Gasteiger partial charge in [0.25, 0.3) is 5.91 Å². The van der Waals surface area contributed by atoms with Crippen molar-refractivity contribution in [1.29, 1.82) is 10.5 Å². The van der Waals surface area contributed by atoms with E-state index in [0.29, 0.717) is 6.42 Å². The molecule has 20 heavy (non-hydrogen) atoms. The monoisotopic (exact) mass is 268 g/mol. The van der Waals surface area contributed by atoms with Gasteiger partial charge in [0, 0.05) is 6.42 Å². The lowest BCUT2D eigenvalue weighted by Crippen LogP contribution is -2.36. The smallest absolute Gasteiger partial charge is 0.273 e. The van der Waals surface area contributed by atoms with Crippen molar-refractivity contribution in [3.63, 3.8) is 0 Å². The lowest BCUT2D eigenvalue weighted by molar-refractivity contribution is -0.123. The lowest BCUT2D eigenvalue weighted by Gasteiger charge is -2.14. The molecule has 0 spiro atoms. The fraction of sp³-hybridized carbons (Fsp3) is 0.286. The van der Waals surface area contributed by atoms with E-state index in [1.165, 1.54) is 0 Å². The fourth-order valence-electron chi connectivity index (χ4n) is 1.90. The molecule has 1 aromatic carbocycles. The summed E-state index contributed by atoms with van der Waals surface area (Å²) in [5, 5.41) is 21.1. The Balaban J connectivity index is 2.03. The number of carbonyl (C=O) groups excluding carboxylic acids is 1. The summed E-state index contributed by atoms with van der Waals surface area (Å²) in [6.07, 6.45) is 0.0529. The van der Waals surface area contributed by atoms with Crippen LogP contribution in [0.1, 0.15) is 18.1 Å². The molecule has 0 fully saturated rings. The van der Waals surface area contributed by atoms with E-state index in [4.69, 9.17) is 15.4 Å². The topological polar surface area (TPSA) is 89.5 Å². The van der Waals surface area contributed by atoms with Gasteiger partial charge in [0.2, 0.25) is 0 Å². The van der Waals surface area contributed by atoms with Crippen LogP contribution in [0.15, 0.2) is 35.5 Å². The number of rotatable bonds is 4. The first-order chi connectivity index (χ1) is 9.76. The number of carbonyl (C=O) groups is 1. The maximum atomic E-state index is 12.1. The molecule has 0 aliphatic carbocycles. The number of hydrogen-bond donors (Lipinski definition) is 0. The van der Waals surface area contributed by atoms with E-state index >= 15 is 0 Å². The molecule has 1 atom stereocenters. The van der Waals surface area contributed by atoms with E-state index in [9.17, 15) is 4.79 Å². The fourth-order valence-corrected chi connectivity index (χ4v) is 1.90. The molecule has 0 aromatic heterocycles. The molecule has 0 N–H and O–H groups in total. The van der Waals surface area contributed by atoms with Gasteiger partial charge in [0.1, 0.15) is 18.8 Å². The Labute approximate surface area is 116 Å². The predicted molar refractivity (Wildman–Crippen MR) is 70.1 cm³/mol. The predicted octanol–water partition coefficient (Wildman–Crippen LogP) is 1.38. The Kier molecular flexibility index (Phi) is 4.31. The first kappa shape index (κ1) is 13.6. The van der Waals surface area contributed by atoms with Crippen LogP contribution in [0.2, 0.25) is 0 Å². The molecule has 0 bridgehead atoms. The van der Waals surface area contributed by atoms with E-state index in [0.717, 1.165) is 10.5 Å². The molecule has 1 aliphatic rings. The average molecular weight is 268 g/mol. The third-order valence-electron chi connectivity index (χ3n) is 2.90. The second kappa shape index (κ2) is 6.35.